The van der Waals surface area contributed by atoms with Gasteiger partial charge in [-0.05, 0) is 31.4 Å². The fraction of sp³-hybridized carbons (Fsp3) is 0.417. The van der Waals surface area contributed by atoms with Crippen LogP contribution >= 0.6 is 23.2 Å². The lowest BCUT2D eigenvalue weighted by atomic mass is 9.75. The number of carbonyl (C=O) groups is 1. The van der Waals surface area contributed by atoms with Crippen LogP contribution in [0.15, 0.2) is 12.1 Å². The molecule has 1 aliphatic carbocycles. The molecule has 4 nitrogen and oxygen atoms in total. The summed E-state index contributed by atoms with van der Waals surface area (Å²) in [6.07, 6.45) is 3.10. The van der Waals surface area contributed by atoms with Crippen molar-refractivity contribution in [1.29, 1.82) is 0 Å². The van der Waals surface area contributed by atoms with E-state index in [1.807, 2.05) is 0 Å². The van der Waals surface area contributed by atoms with E-state index < -0.39 is 0 Å². The van der Waals surface area contributed by atoms with Gasteiger partial charge in [-0.1, -0.05) is 23.2 Å². The Balaban J connectivity index is 2.03. The number of aromatic hydroxyl groups is 1. The molecule has 1 amide bonds. The van der Waals surface area contributed by atoms with E-state index in [1.165, 1.54) is 12.1 Å². The number of nitrogens with two attached hydrogens (primary N) is 1. The molecule has 2 rings (SSSR count). The summed E-state index contributed by atoms with van der Waals surface area (Å²) in [6.45, 7) is 0. The van der Waals surface area contributed by atoms with Crippen molar-refractivity contribution in [3.05, 3.63) is 22.2 Å². The van der Waals surface area contributed by atoms with E-state index in [2.05, 4.69) is 5.32 Å². The van der Waals surface area contributed by atoms with Crippen LogP contribution in [0.2, 0.25) is 10.0 Å². The zero-order chi connectivity index (χ0) is 13.3. The lowest BCUT2D eigenvalue weighted by molar-refractivity contribution is -0.118. The maximum atomic E-state index is 11.8. The van der Waals surface area contributed by atoms with Crippen LogP contribution in [0.5, 0.6) is 5.75 Å². The van der Waals surface area contributed by atoms with Gasteiger partial charge in [0.25, 0.3) is 0 Å². The molecule has 0 unspecified atom stereocenters. The van der Waals surface area contributed by atoms with Gasteiger partial charge in [0.2, 0.25) is 5.91 Å². The van der Waals surface area contributed by atoms with E-state index in [-0.39, 0.29) is 33.7 Å². The van der Waals surface area contributed by atoms with E-state index in [0.29, 0.717) is 5.69 Å². The fourth-order valence-corrected chi connectivity index (χ4v) is 2.46. The molecule has 4 N–H and O–H groups in total. The number of amides is 1. The molecule has 1 aromatic carbocycles. The molecule has 1 aliphatic rings. The molecule has 6 heteroatoms. The average Bonchev–Trinajstić information content (AvgIpc) is 2.23. The van der Waals surface area contributed by atoms with Gasteiger partial charge in [0, 0.05) is 17.6 Å². The number of halogens is 2. The predicted octanol–water partition coefficient (Wildman–Crippen LogP) is 2.91. The predicted molar refractivity (Wildman–Crippen MR) is 72.1 cm³/mol. The summed E-state index contributed by atoms with van der Waals surface area (Å²) in [6, 6.07) is 2.90. The summed E-state index contributed by atoms with van der Waals surface area (Å²) in [7, 11) is 0. The highest BCUT2D eigenvalue weighted by Crippen LogP contribution is 2.35. The number of nitrogens with one attached hydrogen (secondary N) is 1. The molecule has 0 bridgehead atoms. The van der Waals surface area contributed by atoms with Crippen LogP contribution in [-0.4, -0.2) is 16.6 Å². The van der Waals surface area contributed by atoms with Gasteiger partial charge >= 0.3 is 0 Å². The summed E-state index contributed by atoms with van der Waals surface area (Å²) in [5.41, 5.74) is 6.08. The van der Waals surface area contributed by atoms with Gasteiger partial charge in [-0.25, -0.2) is 0 Å². The zero-order valence-electron chi connectivity index (χ0n) is 9.67. The Morgan fingerprint density at radius 3 is 2.39 bits per heavy atom. The van der Waals surface area contributed by atoms with Gasteiger partial charge in [0.1, 0.15) is 0 Å². The molecular weight excluding hydrogens is 275 g/mol. The average molecular weight is 289 g/mol. The summed E-state index contributed by atoms with van der Waals surface area (Å²) < 4.78 is 0. The third-order valence-corrected chi connectivity index (χ3v) is 3.74. The molecule has 0 aliphatic heterocycles. The second-order valence-electron chi connectivity index (χ2n) is 4.73. The highest BCUT2D eigenvalue weighted by Gasteiger charge is 2.34. The molecule has 98 valence electrons. The van der Waals surface area contributed by atoms with Crippen LogP contribution in [0.25, 0.3) is 0 Å². The smallest absolute Gasteiger partial charge is 0.226 e. The minimum absolute atomic E-state index is 0.101. The Labute approximate surface area is 115 Å². The van der Waals surface area contributed by atoms with Crippen LogP contribution in [0.1, 0.15) is 25.7 Å². The fourth-order valence-electron chi connectivity index (χ4n) is 1.97. The zero-order valence-corrected chi connectivity index (χ0v) is 11.2. The number of carbonyl (C=O) groups excluding carboxylic acids is 1. The Bertz CT molecular complexity index is 464. The van der Waals surface area contributed by atoms with E-state index >= 15 is 0 Å². The molecule has 18 heavy (non-hydrogen) atoms. The van der Waals surface area contributed by atoms with Crippen molar-refractivity contribution in [2.45, 2.75) is 31.2 Å². The first-order valence-corrected chi connectivity index (χ1v) is 6.42. The maximum absolute atomic E-state index is 11.8. The second-order valence-corrected chi connectivity index (χ2v) is 5.54. The number of phenolic OH excluding ortho intramolecular Hbond substituents is 1. The first-order valence-electron chi connectivity index (χ1n) is 5.66. The van der Waals surface area contributed by atoms with Crippen molar-refractivity contribution in [2.75, 3.05) is 5.32 Å². The molecule has 0 aromatic heterocycles. The van der Waals surface area contributed by atoms with Crippen LogP contribution in [0.4, 0.5) is 5.69 Å². The first-order chi connectivity index (χ1) is 8.39. The second kappa shape index (κ2) is 4.96. The molecule has 0 radical (unpaired) electrons. The quantitative estimate of drug-likeness (QED) is 0.749. The Hall–Kier alpha value is -0.970. The standard InChI is InChI=1S/C12H14Cl2N2O2/c13-8-4-7(5-9(14)11(8)18)16-10(17)6-12(15)2-1-3-12/h4-5,18H,1-3,6,15H2,(H,16,17). The summed E-state index contributed by atoms with van der Waals surface area (Å²) in [5.74, 6) is -0.361. The number of hydrogen-bond donors (Lipinski definition) is 3. The maximum Gasteiger partial charge on any atom is 0.226 e. The normalized spacial score (nSPS) is 17.1. The van der Waals surface area contributed by atoms with Crippen molar-refractivity contribution in [3.63, 3.8) is 0 Å². The molecule has 1 saturated carbocycles. The lowest BCUT2D eigenvalue weighted by Crippen LogP contribution is -2.48. The highest BCUT2D eigenvalue weighted by molar-refractivity contribution is 6.37. The Morgan fingerprint density at radius 1 is 1.39 bits per heavy atom. The molecule has 1 fully saturated rings. The van der Waals surface area contributed by atoms with E-state index in [4.69, 9.17) is 28.9 Å². The lowest BCUT2D eigenvalue weighted by Gasteiger charge is -2.37. The van der Waals surface area contributed by atoms with Gasteiger partial charge < -0.3 is 16.2 Å². The monoisotopic (exact) mass is 288 g/mol. The highest BCUT2D eigenvalue weighted by atomic mass is 35.5. The molecular formula is C12H14Cl2N2O2. The number of benzene rings is 1. The van der Waals surface area contributed by atoms with Crippen molar-refractivity contribution >= 4 is 34.8 Å². The van der Waals surface area contributed by atoms with Crippen molar-refractivity contribution < 1.29 is 9.90 Å². The topological polar surface area (TPSA) is 75.4 Å². The minimum atomic E-state index is -0.366. The van der Waals surface area contributed by atoms with Crippen molar-refractivity contribution in [2.24, 2.45) is 5.73 Å². The van der Waals surface area contributed by atoms with Gasteiger partial charge in [-0.15, -0.1) is 0 Å². The first kappa shape index (κ1) is 13.5. The molecule has 0 heterocycles. The summed E-state index contributed by atoms with van der Waals surface area (Å²) in [4.78, 5) is 11.8. The van der Waals surface area contributed by atoms with Gasteiger partial charge in [0.15, 0.2) is 5.75 Å². The third kappa shape index (κ3) is 2.88. The summed E-state index contributed by atoms with van der Waals surface area (Å²) >= 11 is 11.5. The molecule has 0 spiro atoms. The van der Waals surface area contributed by atoms with E-state index in [1.54, 1.807) is 0 Å². The Morgan fingerprint density at radius 2 is 1.94 bits per heavy atom. The van der Waals surface area contributed by atoms with E-state index in [9.17, 15) is 9.90 Å². The molecule has 0 atom stereocenters. The van der Waals surface area contributed by atoms with Gasteiger partial charge in [-0.2, -0.15) is 0 Å². The number of rotatable bonds is 3. The third-order valence-electron chi connectivity index (χ3n) is 3.16. The van der Waals surface area contributed by atoms with Crippen LogP contribution in [-0.2, 0) is 4.79 Å². The van der Waals surface area contributed by atoms with Gasteiger partial charge in [0.05, 0.1) is 10.0 Å². The Kier molecular flexibility index (Phi) is 3.71. The van der Waals surface area contributed by atoms with E-state index in [0.717, 1.165) is 19.3 Å². The SMILES string of the molecule is NC1(CC(=O)Nc2cc(Cl)c(O)c(Cl)c2)CCC1. The number of anilines is 1. The summed E-state index contributed by atoms with van der Waals surface area (Å²) in [5, 5.41) is 12.3. The van der Waals surface area contributed by atoms with Crippen molar-refractivity contribution in [1.82, 2.24) is 0 Å². The molecule has 0 saturated heterocycles. The minimum Gasteiger partial charge on any atom is -0.505 e. The number of hydrogen-bond acceptors (Lipinski definition) is 3. The molecule has 1 aromatic rings. The van der Waals surface area contributed by atoms with Crippen LogP contribution in [0.3, 0.4) is 0 Å². The van der Waals surface area contributed by atoms with Gasteiger partial charge in [-0.3, -0.25) is 4.79 Å². The van der Waals surface area contributed by atoms with Crippen LogP contribution < -0.4 is 11.1 Å². The number of phenols is 1. The largest absolute Gasteiger partial charge is 0.505 e. The van der Waals surface area contributed by atoms with Crippen LogP contribution in [0, 0.1) is 0 Å². The van der Waals surface area contributed by atoms with Crippen molar-refractivity contribution in [3.8, 4) is 5.75 Å².